The van der Waals surface area contributed by atoms with Crippen LogP contribution in [-0.4, -0.2) is 39.8 Å². The van der Waals surface area contributed by atoms with Crippen molar-refractivity contribution in [1.29, 1.82) is 0 Å². The van der Waals surface area contributed by atoms with Gasteiger partial charge in [0.2, 0.25) is 0 Å². The van der Waals surface area contributed by atoms with E-state index in [9.17, 15) is 0 Å². The normalized spacial score (nSPS) is 12.8. The Balaban J connectivity index is 2.33. The molecule has 0 saturated heterocycles. The molecule has 0 saturated carbocycles. The average molecular weight is 356 g/mol. The van der Waals surface area contributed by atoms with Crippen molar-refractivity contribution < 1.29 is 4.74 Å². The minimum atomic E-state index is 0.0624. The van der Waals surface area contributed by atoms with Crippen LogP contribution in [0.3, 0.4) is 0 Å². The topological polar surface area (TPSA) is 56.9 Å². The smallest absolute Gasteiger partial charge is 0.0790 e. The summed E-state index contributed by atoms with van der Waals surface area (Å²) in [5.74, 6) is 0. The molecule has 1 atom stereocenters. The molecule has 116 valence electrons. The van der Waals surface area contributed by atoms with Crippen LogP contribution in [0.5, 0.6) is 0 Å². The Bertz CT molecular complexity index is 565. The maximum Gasteiger partial charge on any atom is 0.0790 e. The number of nitrogens with zero attached hydrogens (tertiary/aromatic N) is 4. The molecule has 0 aliphatic heterocycles. The standard InChI is InChI=1S/C14H22BrN5O/c1-4-5-16-13(11-8-17-19(2)10-11)14-12(15)9-18-20(14)6-7-21-3/h8-10,13,16H,4-7H2,1-3H3. The number of methoxy groups -OCH3 is 1. The zero-order valence-electron chi connectivity index (χ0n) is 12.7. The van der Waals surface area contributed by atoms with Crippen molar-refractivity contribution in [3.63, 3.8) is 0 Å². The van der Waals surface area contributed by atoms with Gasteiger partial charge in [-0.25, -0.2) is 0 Å². The zero-order valence-corrected chi connectivity index (χ0v) is 14.3. The quantitative estimate of drug-likeness (QED) is 0.787. The van der Waals surface area contributed by atoms with Crippen molar-refractivity contribution in [2.45, 2.75) is 25.9 Å². The van der Waals surface area contributed by atoms with Crippen molar-refractivity contribution >= 4 is 15.9 Å². The van der Waals surface area contributed by atoms with Crippen LogP contribution < -0.4 is 5.32 Å². The van der Waals surface area contributed by atoms with Gasteiger partial charge in [-0.3, -0.25) is 9.36 Å². The summed E-state index contributed by atoms with van der Waals surface area (Å²) in [7, 11) is 3.63. The Hall–Kier alpha value is -1.18. The van der Waals surface area contributed by atoms with E-state index in [2.05, 4.69) is 38.4 Å². The highest BCUT2D eigenvalue weighted by molar-refractivity contribution is 9.10. The lowest BCUT2D eigenvalue weighted by Crippen LogP contribution is -2.26. The minimum Gasteiger partial charge on any atom is -0.383 e. The lowest BCUT2D eigenvalue weighted by molar-refractivity contribution is 0.182. The maximum absolute atomic E-state index is 5.17. The second kappa shape index (κ2) is 7.72. The van der Waals surface area contributed by atoms with Gasteiger partial charge in [0.05, 0.1) is 41.8 Å². The highest BCUT2D eigenvalue weighted by atomic mass is 79.9. The fourth-order valence-electron chi connectivity index (χ4n) is 2.27. The molecule has 0 spiro atoms. The maximum atomic E-state index is 5.17. The van der Waals surface area contributed by atoms with E-state index >= 15 is 0 Å². The predicted molar refractivity (Wildman–Crippen MR) is 85.1 cm³/mol. The molecule has 0 amide bonds. The third-order valence-corrected chi connectivity index (χ3v) is 3.88. The number of hydrogen-bond acceptors (Lipinski definition) is 4. The molecule has 0 aromatic carbocycles. The number of rotatable bonds is 8. The van der Waals surface area contributed by atoms with Crippen LogP contribution in [-0.2, 0) is 18.3 Å². The van der Waals surface area contributed by atoms with Gasteiger partial charge in [-0.1, -0.05) is 6.92 Å². The van der Waals surface area contributed by atoms with Crippen molar-refractivity contribution in [3.05, 3.63) is 34.3 Å². The zero-order chi connectivity index (χ0) is 15.2. The summed E-state index contributed by atoms with van der Waals surface area (Å²) in [5, 5.41) is 12.3. The Morgan fingerprint density at radius 1 is 1.38 bits per heavy atom. The van der Waals surface area contributed by atoms with Gasteiger partial charge < -0.3 is 10.1 Å². The van der Waals surface area contributed by atoms with Gasteiger partial charge in [-0.2, -0.15) is 10.2 Å². The monoisotopic (exact) mass is 355 g/mol. The van der Waals surface area contributed by atoms with Gasteiger partial charge in [0, 0.05) is 25.9 Å². The molecule has 21 heavy (non-hydrogen) atoms. The fourth-order valence-corrected chi connectivity index (χ4v) is 2.79. The highest BCUT2D eigenvalue weighted by Gasteiger charge is 2.22. The van der Waals surface area contributed by atoms with E-state index in [1.54, 1.807) is 7.11 Å². The van der Waals surface area contributed by atoms with Gasteiger partial charge in [0.1, 0.15) is 0 Å². The lowest BCUT2D eigenvalue weighted by atomic mass is 10.1. The third-order valence-electron chi connectivity index (χ3n) is 3.27. The molecule has 0 bridgehead atoms. The first kappa shape index (κ1) is 16.2. The van der Waals surface area contributed by atoms with Crippen LogP contribution in [0.15, 0.2) is 23.1 Å². The molecule has 0 fully saturated rings. The average Bonchev–Trinajstić information content (AvgIpc) is 3.05. The van der Waals surface area contributed by atoms with E-state index in [0.717, 1.165) is 35.2 Å². The van der Waals surface area contributed by atoms with Gasteiger partial charge in [-0.05, 0) is 28.9 Å². The number of aromatic nitrogens is 4. The fraction of sp³-hybridized carbons (Fsp3) is 0.571. The van der Waals surface area contributed by atoms with E-state index in [4.69, 9.17) is 4.74 Å². The Kier molecular flexibility index (Phi) is 5.96. The number of halogens is 1. The Morgan fingerprint density at radius 3 is 2.81 bits per heavy atom. The van der Waals surface area contributed by atoms with Gasteiger partial charge >= 0.3 is 0 Å². The molecule has 6 nitrogen and oxygen atoms in total. The van der Waals surface area contributed by atoms with Crippen LogP contribution in [0.1, 0.15) is 30.6 Å². The molecule has 1 N–H and O–H groups in total. The van der Waals surface area contributed by atoms with Crippen LogP contribution in [0.25, 0.3) is 0 Å². The Morgan fingerprint density at radius 2 is 2.19 bits per heavy atom. The summed E-state index contributed by atoms with van der Waals surface area (Å²) < 4.78 is 9.96. The van der Waals surface area contributed by atoms with Crippen molar-refractivity contribution in [3.8, 4) is 0 Å². The van der Waals surface area contributed by atoms with Crippen LogP contribution in [0.4, 0.5) is 0 Å². The van der Waals surface area contributed by atoms with Crippen LogP contribution in [0.2, 0.25) is 0 Å². The molecular weight excluding hydrogens is 334 g/mol. The molecule has 7 heteroatoms. The molecule has 2 rings (SSSR count). The summed E-state index contributed by atoms with van der Waals surface area (Å²) in [6.07, 6.45) is 6.84. The number of nitrogens with one attached hydrogen (secondary N) is 1. The summed E-state index contributed by atoms with van der Waals surface area (Å²) in [6, 6.07) is 0.0624. The first-order chi connectivity index (χ1) is 10.2. The van der Waals surface area contributed by atoms with Gasteiger partial charge in [-0.15, -0.1) is 0 Å². The van der Waals surface area contributed by atoms with E-state index in [-0.39, 0.29) is 6.04 Å². The number of aryl methyl sites for hydroxylation is 1. The number of hydrogen-bond donors (Lipinski definition) is 1. The highest BCUT2D eigenvalue weighted by Crippen LogP contribution is 2.28. The van der Waals surface area contributed by atoms with E-state index in [1.807, 2.05) is 35.0 Å². The first-order valence-corrected chi connectivity index (χ1v) is 7.88. The molecule has 0 aliphatic rings. The summed E-state index contributed by atoms with van der Waals surface area (Å²) in [6.45, 7) is 4.45. The van der Waals surface area contributed by atoms with E-state index in [0.29, 0.717) is 6.61 Å². The first-order valence-electron chi connectivity index (χ1n) is 7.09. The molecular formula is C14H22BrN5O. The van der Waals surface area contributed by atoms with Gasteiger partial charge in [0.15, 0.2) is 0 Å². The summed E-state index contributed by atoms with van der Waals surface area (Å²) in [5.41, 5.74) is 2.24. The second-order valence-corrected chi connectivity index (χ2v) is 5.78. The third kappa shape index (κ3) is 3.93. The van der Waals surface area contributed by atoms with Crippen LogP contribution >= 0.6 is 15.9 Å². The van der Waals surface area contributed by atoms with Crippen molar-refractivity contribution in [1.82, 2.24) is 24.9 Å². The molecule has 2 heterocycles. The van der Waals surface area contributed by atoms with Crippen molar-refractivity contribution in [2.24, 2.45) is 7.05 Å². The van der Waals surface area contributed by atoms with Crippen molar-refractivity contribution in [2.75, 3.05) is 20.3 Å². The molecule has 2 aromatic heterocycles. The van der Waals surface area contributed by atoms with Crippen LogP contribution in [0, 0.1) is 0 Å². The van der Waals surface area contributed by atoms with E-state index < -0.39 is 0 Å². The van der Waals surface area contributed by atoms with Gasteiger partial charge in [0.25, 0.3) is 0 Å². The number of ether oxygens (including phenoxy) is 1. The molecule has 0 aliphatic carbocycles. The summed E-state index contributed by atoms with van der Waals surface area (Å²) >= 11 is 3.61. The second-order valence-electron chi connectivity index (χ2n) is 4.93. The molecule has 1 unspecified atom stereocenters. The predicted octanol–water partition coefficient (Wildman–Crippen LogP) is 2.11. The van der Waals surface area contributed by atoms with E-state index in [1.165, 1.54) is 0 Å². The lowest BCUT2D eigenvalue weighted by Gasteiger charge is -2.19. The minimum absolute atomic E-state index is 0.0624. The largest absolute Gasteiger partial charge is 0.383 e. The summed E-state index contributed by atoms with van der Waals surface area (Å²) in [4.78, 5) is 0. The molecule has 2 aromatic rings. The SMILES string of the molecule is CCCNC(c1cnn(C)c1)c1c(Br)cnn1CCOC. The molecule has 0 radical (unpaired) electrons. The Labute approximate surface area is 133 Å².